The third-order valence-electron chi connectivity index (χ3n) is 3.80. The summed E-state index contributed by atoms with van der Waals surface area (Å²) in [7, 11) is 1.43. The molecule has 0 bridgehead atoms. The summed E-state index contributed by atoms with van der Waals surface area (Å²) in [5.41, 5.74) is 0. The minimum atomic E-state index is -0.138. The van der Waals surface area contributed by atoms with Crippen LogP contribution in [0.15, 0.2) is 0 Å². The second-order valence-corrected chi connectivity index (χ2v) is 5.14. The lowest BCUT2D eigenvalue weighted by Gasteiger charge is -2.26. The Kier molecular flexibility index (Phi) is 8.02. The molecule has 0 N–H and O–H groups in total. The Bertz CT molecular complexity index is 254. The smallest absolute Gasteiger partial charge is 0.308 e. The molecule has 0 aromatic carbocycles. The second kappa shape index (κ2) is 9.28. The van der Waals surface area contributed by atoms with Gasteiger partial charge in [-0.25, -0.2) is 0 Å². The van der Waals surface area contributed by atoms with Crippen LogP contribution in [-0.4, -0.2) is 64.0 Å². The minimum absolute atomic E-state index is 0.0622. The molecule has 1 aliphatic heterocycles. The summed E-state index contributed by atoms with van der Waals surface area (Å²) in [6.07, 6.45) is 0.888. The van der Waals surface area contributed by atoms with Gasteiger partial charge in [-0.1, -0.05) is 13.8 Å². The van der Waals surface area contributed by atoms with E-state index < -0.39 is 0 Å². The van der Waals surface area contributed by atoms with Crippen molar-refractivity contribution in [3.05, 3.63) is 0 Å². The van der Waals surface area contributed by atoms with E-state index in [1.54, 1.807) is 0 Å². The largest absolute Gasteiger partial charge is 0.469 e. The van der Waals surface area contributed by atoms with E-state index in [1.807, 2.05) is 6.92 Å². The zero-order valence-electron chi connectivity index (χ0n) is 12.4. The molecule has 0 aromatic rings. The van der Waals surface area contributed by atoms with E-state index in [0.717, 1.165) is 45.9 Å². The van der Waals surface area contributed by atoms with Gasteiger partial charge in [-0.15, -0.1) is 0 Å². The standard InChI is InChI=1S/C14H27NO4/c1-12(13(2)14(16)17-3)4-8-18-9-5-15-6-10-19-11-7-15/h12-13H,4-11H2,1-3H3. The first-order chi connectivity index (χ1) is 9.15. The highest BCUT2D eigenvalue weighted by molar-refractivity contribution is 5.72. The van der Waals surface area contributed by atoms with Crippen molar-refractivity contribution in [2.45, 2.75) is 20.3 Å². The molecule has 2 atom stereocenters. The Morgan fingerprint density at radius 2 is 1.95 bits per heavy atom. The predicted octanol–water partition coefficient (Wildman–Crippen LogP) is 1.17. The van der Waals surface area contributed by atoms with Crippen LogP contribution in [-0.2, 0) is 19.0 Å². The Morgan fingerprint density at radius 1 is 1.26 bits per heavy atom. The molecule has 112 valence electrons. The molecule has 5 heteroatoms. The molecule has 1 aliphatic rings. The number of rotatable bonds is 8. The Labute approximate surface area is 116 Å². The SMILES string of the molecule is COC(=O)C(C)C(C)CCOCCN1CCOCC1. The van der Waals surface area contributed by atoms with Crippen molar-refractivity contribution in [2.75, 3.05) is 53.2 Å². The third kappa shape index (κ3) is 6.36. The number of ether oxygens (including phenoxy) is 3. The van der Waals surface area contributed by atoms with Crippen LogP contribution >= 0.6 is 0 Å². The number of morpholine rings is 1. The van der Waals surface area contributed by atoms with Crippen LogP contribution in [0.3, 0.4) is 0 Å². The Morgan fingerprint density at radius 3 is 2.58 bits per heavy atom. The first-order valence-electron chi connectivity index (χ1n) is 7.10. The molecule has 1 saturated heterocycles. The Hall–Kier alpha value is -0.650. The van der Waals surface area contributed by atoms with Crippen molar-refractivity contribution in [3.8, 4) is 0 Å². The number of esters is 1. The monoisotopic (exact) mass is 273 g/mol. The molecule has 1 fully saturated rings. The first-order valence-corrected chi connectivity index (χ1v) is 7.10. The average molecular weight is 273 g/mol. The molecule has 0 saturated carbocycles. The van der Waals surface area contributed by atoms with Gasteiger partial charge in [0.15, 0.2) is 0 Å². The highest BCUT2D eigenvalue weighted by Gasteiger charge is 2.20. The summed E-state index contributed by atoms with van der Waals surface area (Å²) in [5.74, 6) is 0.0875. The molecule has 19 heavy (non-hydrogen) atoms. The lowest BCUT2D eigenvalue weighted by Crippen LogP contribution is -2.38. The molecule has 1 heterocycles. The van der Waals surface area contributed by atoms with E-state index in [-0.39, 0.29) is 17.8 Å². The van der Waals surface area contributed by atoms with E-state index in [4.69, 9.17) is 14.2 Å². The first kappa shape index (κ1) is 16.4. The minimum Gasteiger partial charge on any atom is -0.469 e. The van der Waals surface area contributed by atoms with Gasteiger partial charge in [0.05, 0.1) is 32.8 Å². The van der Waals surface area contributed by atoms with Crippen molar-refractivity contribution in [2.24, 2.45) is 11.8 Å². The fourth-order valence-electron chi connectivity index (χ4n) is 2.06. The van der Waals surface area contributed by atoms with Crippen LogP contribution in [0.25, 0.3) is 0 Å². The summed E-state index contributed by atoms with van der Waals surface area (Å²) in [6.45, 7) is 10.0. The lowest BCUT2D eigenvalue weighted by molar-refractivity contribution is -0.146. The molecule has 0 aliphatic carbocycles. The van der Waals surface area contributed by atoms with Gasteiger partial charge < -0.3 is 14.2 Å². The van der Waals surface area contributed by atoms with Crippen molar-refractivity contribution in [3.63, 3.8) is 0 Å². The Balaban J connectivity index is 2.01. The number of carbonyl (C=O) groups excluding carboxylic acids is 1. The van der Waals surface area contributed by atoms with Gasteiger partial charge in [0.2, 0.25) is 0 Å². The molecule has 0 radical (unpaired) electrons. The summed E-state index contributed by atoms with van der Waals surface area (Å²) >= 11 is 0. The van der Waals surface area contributed by atoms with Gasteiger partial charge in [-0.3, -0.25) is 9.69 Å². The molecule has 5 nitrogen and oxygen atoms in total. The fraction of sp³-hybridized carbons (Fsp3) is 0.929. The summed E-state index contributed by atoms with van der Waals surface area (Å²) in [4.78, 5) is 13.7. The van der Waals surface area contributed by atoms with E-state index in [1.165, 1.54) is 7.11 Å². The molecule has 2 unspecified atom stereocenters. The van der Waals surface area contributed by atoms with Crippen LogP contribution in [0.5, 0.6) is 0 Å². The molecule has 1 rings (SSSR count). The summed E-state index contributed by atoms with van der Waals surface area (Å²) in [6, 6.07) is 0. The summed E-state index contributed by atoms with van der Waals surface area (Å²) in [5, 5.41) is 0. The average Bonchev–Trinajstić information content (AvgIpc) is 2.46. The van der Waals surface area contributed by atoms with Crippen LogP contribution in [0.1, 0.15) is 20.3 Å². The maximum Gasteiger partial charge on any atom is 0.308 e. The second-order valence-electron chi connectivity index (χ2n) is 5.14. The zero-order chi connectivity index (χ0) is 14.1. The number of hydrogen-bond donors (Lipinski definition) is 0. The highest BCUT2D eigenvalue weighted by atomic mass is 16.5. The topological polar surface area (TPSA) is 48.0 Å². The normalized spacial score (nSPS) is 19.9. The third-order valence-corrected chi connectivity index (χ3v) is 3.80. The number of hydrogen-bond acceptors (Lipinski definition) is 5. The van der Waals surface area contributed by atoms with Gasteiger partial charge in [0, 0.05) is 26.2 Å². The van der Waals surface area contributed by atoms with Crippen molar-refractivity contribution in [1.29, 1.82) is 0 Å². The quantitative estimate of drug-likeness (QED) is 0.491. The van der Waals surface area contributed by atoms with Gasteiger partial charge in [0.1, 0.15) is 0 Å². The van der Waals surface area contributed by atoms with Gasteiger partial charge in [0.25, 0.3) is 0 Å². The fourth-order valence-corrected chi connectivity index (χ4v) is 2.06. The number of carbonyl (C=O) groups is 1. The molecular weight excluding hydrogens is 246 g/mol. The number of methoxy groups -OCH3 is 1. The van der Waals surface area contributed by atoms with E-state index in [9.17, 15) is 4.79 Å². The van der Waals surface area contributed by atoms with E-state index in [0.29, 0.717) is 6.61 Å². The zero-order valence-corrected chi connectivity index (χ0v) is 12.4. The lowest BCUT2D eigenvalue weighted by atomic mass is 9.93. The molecular formula is C14H27NO4. The maximum absolute atomic E-state index is 11.4. The summed E-state index contributed by atoms with van der Waals surface area (Å²) < 4.78 is 15.7. The van der Waals surface area contributed by atoms with Crippen molar-refractivity contribution >= 4 is 5.97 Å². The van der Waals surface area contributed by atoms with Gasteiger partial charge >= 0.3 is 5.97 Å². The van der Waals surface area contributed by atoms with E-state index in [2.05, 4.69) is 11.8 Å². The maximum atomic E-state index is 11.4. The van der Waals surface area contributed by atoms with Crippen LogP contribution in [0.4, 0.5) is 0 Å². The van der Waals surface area contributed by atoms with Crippen molar-refractivity contribution < 1.29 is 19.0 Å². The molecule has 0 amide bonds. The van der Waals surface area contributed by atoms with Crippen LogP contribution in [0.2, 0.25) is 0 Å². The van der Waals surface area contributed by atoms with Crippen LogP contribution < -0.4 is 0 Å². The van der Waals surface area contributed by atoms with E-state index >= 15 is 0 Å². The highest BCUT2D eigenvalue weighted by Crippen LogP contribution is 2.16. The van der Waals surface area contributed by atoms with Gasteiger partial charge in [-0.05, 0) is 12.3 Å². The predicted molar refractivity (Wildman–Crippen MR) is 73.0 cm³/mol. The van der Waals surface area contributed by atoms with Crippen molar-refractivity contribution in [1.82, 2.24) is 4.90 Å². The number of nitrogens with zero attached hydrogens (tertiary/aromatic N) is 1. The molecule has 0 aromatic heterocycles. The molecule has 0 spiro atoms. The van der Waals surface area contributed by atoms with Crippen LogP contribution in [0, 0.1) is 11.8 Å². The van der Waals surface area contributed by atoms with Gasteiger partial charge in [-0.2, -0.15) is 0 Å².